The minimum absolute atomic E-state index is 0.0239. The molecular formula is C21H15F3N6O5. The highest BCUT2D eigenvalue weighted by molar-refractivity contribution is 6.14. The maximum atomic E-state index is 12.7. The van der Waals surface area contributed by atoms with Crippen LogP contribution in [-0.4, -0.2) is 49.9 Å². The molecule has 11 nitrogen and oxygen atoms in total. The monoisotopic (exact) mass is 488 g/mol. The fourth-order valence-electron chi connectivity index (χ4n) is 3.63. The number of hydrogen-bond donors (Lipinski definition) is 3. The number of carbonyl (C=O) groups is 3. The Hall–Kier alpha value is -4.62. The average Bonchev–Trinajstić information content (AvgIpc) is 3.43. The minimum atomic E-state index is -4.90. The number of anilines is 1. The first-order valence-corrected chi connectivity index (χ1v) is 10.2. The van der Waals surface area contributed by atoms with Crippen molar-refractivity contribution in [3.8, 4) is 17.0 Å². The number of benzene rings is 1. The first-order valence-electron chi connectivity index (χ1n) is 10.2. The molecule has 14 heteroatoms. The molecule has 180 valence electrons. The molecule has 3 heterocycles. The number of carboxylic acid groups (broad SMARTS) is 1. The highest BCUT2D eigenvalue weighted by atomic mass is 19.4. The van der Waals surface area contributed by atoms with E-state index >= 15 is 0 Å². The van der Waals surface area contributed by atoms with E-state index in [-0.39, 0.29) is 34.5 Å². The number of nitrogens with zero attached hydrogens (tertiary/aromatic N) is 4. The Bertz CT molecular complexity index is 1410. The van der Waals surface area contributed by atoms with E-state index < -0.39 is 30.1 Å². The lowest BCUT2D eigenvalue weighted by atomic mass is 10.1. The number of nitrogens with one attached hydrogen (secondary N) is 2. The van der Waals surface area contributed by atoms with Crippen LogP contribution in [0.3, 0.4) is 0 Å². The molecule has 2 aliphatic rings. The first kappa shape index (κ1) is 22.2. The molecule has 5 rings (SSSR count). The van der Waals surface area contributed by atoms with E-state index in [9.17, 15) is 32.7 Å². The predicted molar refractivity (Wildman–Crippen MR) is 113 cm³/mol. The van der Waals surface area contributed by atoms with E-state index in [0.29, 0.717) is 18.5 Å². The summed E-state index contributed by atoms with van der Waals surface area (Å²) in [5, 5.41) is 14.2. The van der Waals surface area contributed by atoms with Gasteiger partial charge in [-0.3, -0.25) is 19.4 Å². The summed E-state index contributed by atoms with van der Waals surface area (Å²) < 4.78 is 43.6. The molecule has 2 fully saturated rings. The number of carbonyl (C=O) groups excluding carboxylic acids is 2. The van der Waals surface area contributed by atoms with E-state index in [1.54, 1.807) is 0 Å². The number of urea groups is 1. The van der Waals surface area contributed by atoms with Gasteiger partial charge in [0.1, 0.15) is 11.4 Å². The van der Waals surface area contributed by atoms with E-state index in [0.717, 1.165) is 17.0 Å². The minimum Gasteiger partial charge on any atom is -0.465 e. The lowest BCUT2D eigenvalue weighted by Crippen LogP contribution is -2.32. The molecule has 2 aromatic heterocycles. The van der Waals surface area contributed by atoms with Crippen molar-refractivity contribution in [2.45, 2.75) is 25.2 Å². The fourth-order valence-corrected chi connectivity index (χ4v) is 3.63. The van der Waals surface area contributed by atoms with Crippen molar-refractivity contribution in [2.75, 3.05) is 4.90 Å². The van der Waals surface area contributed by atoms with Crippen LogP contribution in [-0.2, 0) is 4.79 Å². The second kappa shape index (κ2) is 8.00. The molecule has 1 aromatic carbocycles. The van der Waals surface area contributed by atoms with Crippen LogP contribution < -0.4 is 20.3 Å². The quantitative estimate of drug-likeness (QED) is 0.371. The first-order chi connectivity index (χ1) is 16.6. The Morgan fingerprint density at radius 3 is 2.66 bits per heavy atom. The Labute approximate surface area is 193 Å². The highest BCUT2D eigenvalue weighted by Gasteiger charge is 2.37. The lowest BCUT2D eigenvalue weighted by Gasteiger charge is -2.19. The van der Waals surface area contributed by atoms with Gasteiger partial charge in [0.25, 0.3) is 5.91 Å². The molecule has 35 heavy (non-hydrogen) atoms. The number of ether oxygens (including phenoxy) is 1. The number of hydrogen-bond acceptors (Lipinski definition) is 6. The normalized spacial score (nSPS) is 16.9. The van der Waals surface area contributed by atoms with Gasteiger partial charge in [0.2, 0.25) is 0 Å². The van der Waals surface area contributed by atoms with Crippen molar-refractivity contribution in [1.82, 2.24) is 25.0 Å². The number of imide groups is 1. The Morgan fingerprint density at radius 1 is 1.26 bits per heavy atom. The van der Waals surface area contributed by atoms with Gasteiger partial charge in [-0.15, -0.1) is 13.2 Å². The van der Waals surface area contributed by atoms with Crippen LogP contribution in [0.2, 0.25) is 0 Å². The summed E-state index contributed by atoms with van der Waals surface area (Å²) in [5.41, 5.74) is 0.720. The van der Waals surface area contributed by atoms with Crippen LogP contribution in [0.1, 0.15) is 18.5 Å². The molecule has 1 aliphatic heterocycles. The summed E-state index contributed by atoms with van der Waals surface area (Å²) in [6.45, 7) is 0. The zero-order chi connectivity index (χ0) is 24.9. The summed E-state index contributed by atoms with van der Waals surface area (Å²) in [5.74, 6) is -1.17. The summed E-state index contributed by atoms with van der Waals surface area (Å²) in [6.07, 6.45) is -0.815. The van der Waals surface area contributed by atoms with Gasteiger partial charge in [-0.1, -0.05) is 12.1 Å². The summed E-state index contributed by atoms with van der Waals surface area (Å²) in [7, 11) is 0. The molecule has 0 spiro atoms. The standard InChI is InChI=1S/C21H15F3N6O5/c22-21(23,24)35-13-3-1-2-10(6-13)15-9-29-12(7-14-18(31)28-19(32)27-14)8-25-16(29)17(26-15)30(20(33)34)11-4-5-11/h1-3,6-9,11H,4-5H2,(H,33,34)(H2,27,28,31,32)/b14-7-. The van der Waals surface area contributed by atoms with Crippen molar-refractivity contribution in [3.63, 3.8) is 0 Å². The maximum absolute atomic E-state index is 12.7. The third-order valence-electron chi connectivity index (χ3n) is 5.22. The predicted octanol–water partition coefficient (Wildman–Crippen LogP) is 3.12. The average molecular weight is 488 g/mol. The molecule has 3 aromatic rings. The van der Waals surface area contributed by atoms with Crippen LogP contribution in [0.4, 0.5) is 28.6 Å². The number of rotatable bonds is 5. The van der Waals surface area contributed by atoms with Crippen molar-refractivity contribution >= 4 is 35.6 Å². The zero-order valence-corrected chi connectivity index (χ0v) is 17.5. The number of halogens is 3. The molecule has 0 bridgehead atoms. The number of amides is 4. The van der Waals surface area contributed by atoms with Crippen LogP contribution >= 0.6 is 0 Å². The summed E-state index contributed by atoms with van der Waals surface area (Å²) in [4.78, 5) is 45.2. The molecule has 0 unspecified atom stereocenters. The molecule has 0 radical (unpaired) electrons. The zero-order valence-electron chi connectivity index (χ0n) is 17.5. The van der Waals surface area contributed by atoms with Crippen molar-refractivity contribution in [2.24, 2.45) is 0 Å². The third-order valence-corrected chi connectivity index (χ3v) is 5.22. The topological polar surface area (TPSA) is 138 Å². The fraction of sp³-hybridized carbons (Fsp3) is 0.190. The Balaban J connectivity index is 1.68. The van der Waals surface area contributed by atoms with E-state index in [2.05, 4.69) is 25.3 Å². The third kappa shape index (κ3) is 4.45. The van der Waals surface area contributed by atoms with E-state index in [1.807, 2.05) is 0 Å². The van der Waals surface area contributed by atoms with Crippen LogP contribution in [0.15, 0.2) is 42.4 Å². The van der Waals surface area contributed by atoms with E-state index in [4.69, 9.17) is 0 Å². The lowest BCUT2D eigenvalue weighted by molar-refractivity contribution is -0.274. The van der Waals surface area contributed by atoms with Crippen LogP contribution in [0, 0.1) is 0 Å². The van der Waals surface area contributed by atoms with Gasteiger partial charge in [0.15, 0.2) is 11.5 Å². The van der Waals surface area contributed by atoms with Gasteiger partial charge in [-0.2, -0.15) is 0 Å². The van der Waals surface area contributed by atoms with Crippen LogP contribution in [0.25, 0.3) is 23.0 Å². The van der Waals surface area contributed by atoms with Gasteiger partial charge in [-0.05, 0) is 31.1 Å². The largest absolute Gasteiger partial charge is 0.573 e. The number of fused-ring (bicyclic) bond motifs is 1. The number of imidazole rings is 1. The van der Waals surface area contributed by atoms with Crippen LogP contribution in [0.5, 0.6) is 5.75 Å². The Kier molecular flexibility index (Phi) is 5.07. The molecule has 1 saturated heterocycles. The van der Waals surface area contributed by atoms with Crippen molar-refractivity contribution in [1.29, 1.82) is 0 Å². The van der Waals surface area contributed by atoms with Gasteiger partial charge in [0.05, 0.1) is 17.6 Å². The van der Waals surface area contributed by atoms with Crippen molar-refractivity contribution in [3.05, 3.63) is 48.1 Å². The van der Waals surface area contributed by atoms with Gasteiger partial charge < -0.3 is 15.2 Å². The second-order valence-corrected chi connectivity index (χ2v) is 7.75. The van der Waals surface area contributed by atoms with Gasteiger partial charge >= 0.3 is 18.5 Å². The second-order valence-electron chi connectivity index (χ2n) is 7.75. The smallest absolute Gasteiger partial charge is 0.465 e. The maximum Gasteiger partial charge on any atom is 0.573 e. The Morgan fingerprint density at radius 2 is 2.03 bits per heavy atom. The van der Waals surface area contributed by atoms with Gasteiger partial charge in [-0.25, -0.2) is 19.6 Å². The van der Waals surface area contributed by atoms with Gasteiger partial charge in [0, 0.05) is 17.8 Å². The molecular weight excluding hydrogens is 473 g/mol. The highest BCUT2D eigenvalue weighted by Crippen LogP contribution is 2.35. The molecule has 1 saturated carbocycles. The number of alkyl halides is 3. The SMILES string of the molecule is O=C1NC(=O)/C(=C/c2cnc3c(N(C(=O)O)C4CC4)nc(-c4cccc(OC(F)(F)F)c4)cn23)N1. The van der Waals surface area contributed by atoms with E-state index in [1.165, 1.54) is 35.0 Å². The van der Waals surface area contributed by atoms with Crippen molar-refractivity contribution < 1.29 is 37.4 Å². The molecule has 1 aliphatic carbocycles. The summed E-state index contributed by atoms with van der Waals surface area (Å²) >= 11 is 0. The summed E-state index contributed by atoms with van der Waals surface area (Å²) in [6, 6.07) is 4.05. The molecule has 0 atom stereocenters. The molecule has 4 amide bonds. The number of aromatic nitrogens is 3. The molecule has 3 N–H and O–H groups in total.